The van der Waals surface area contributed by atoms with E-state index < -0.39 is 11.9 Å². The molecule has 128 valence electrons. The van der Waals surface area contributed by atoms with Crippen LogP contribution in [-0.2, 0) is 11.2 Å². The lowest BCUT2D eigenvalue weighted by Gasteiger charge is -2.16. The van der Waals surface area contributed by atoms with Crippen molar-refractivity contribution >= 4 is 5.97 Å². The van der Waals surface area contributed by atoms with E-state index in [2.05, 4.69) is 0 Å². The van der Waals surface area contributed by atoms with E-state index in [1.54, 1.807) is 38.5 Å². The van der Waals surface area contributed by atoms with Crippen LogP contribution in [0.25, 0.3) is 0 Å². The number of carbonyl (C=O) groups is 1. The number of carboxylic acids is 1. The number of rotatable bonds is 8. The minimum atomic E-state index is -0.887. The summed E-state index contributed by atoms with van der Waals surface area (Å²) < 4.78 is 16.0. The van der Waals surface area contributed by atoms with Crippen molar-refractivity contribution in [2.75, 3.05) is 20.8 Å². The molecule has 0 aliphatic rings. The number of hydrogen-bond acceptors (Lipinski definition) is 4. The van der Waals surface area contributed by atoms with E-state index in [0.717, 1.165) is 5.56 Å². The Morgan fingerprint density at radius 2 is 1.88 bits per heavy atom. The highest BCUT2D eigenvalue weighted by Gasteiger charge is 2.22. The van der Waals surface area contributed by atoms with E-state index in [0.29, 0.717) is 35.8 Å². The van der Waals surface area contributed by atoms with Crippen molar-refractivity contribution in [1.29, 1.82) is 0 Å². The monoisotopic (exact) mass is 330 g/mol. The highest BCUT2D eigenvalue weighted by Crippen LogP contribution is 2.31. The molecule has 0 aromatic heterocycles. The minimum absolute atomic E-state index is 0.318. The van der Waals surface area contributed by atoms with Crippen LogP contribution in [0.1, 0.15) is 24.0 Å². The predicted octanol–water partition coefficient (Wildman–Crippen LogP) is 3.51. The Kier molecular flexibility index (Phi) is 6.07. The molecule has 0 amide bonds. The van der Waals surface area contributed by atoms with Crippen molar-refractivity contribution in [3.8, 4) is 17.2 Å². The van der Waals surface area contributed by atoms with Gasteiger partial charge in [0.05, 0.1) is 26.7 Å². The molecule has 2 rings (SSSR count). The summed E-state index contributed by atoms with van der Waals surface area (Å²) in [6.07, 6.45) is 0.318. The molecular formula is C19H22O5. The first kappa shape index (κ1) is 17.7. The summed E-state index contributed by atoms with van der Waals surface area (Å²) >= 11 is 0. The standard InChI is InChI=1S/C19H22O5/c1-4-24-16-7-5-6-13(10-16)17(19(20)21)11-14-8-9-15(22-2)12-18(14)23-3/h5-10,12,17H,4,11H2,1-3H3,(H,20,21). The fourth-order valence-electron chi connectivity index (χ4n) is 2.58. The Hall–Kier alpha value is -2.69. The van der Waals surface area contributed by atoms with Gasteiger partial charge in [0.1, 0.15) is 17.2 Å². The smallest absolute Gasteiger partial charge is 0.311 e. The molecule has 24 heavy (non-hydrogen) atoms. The van der Waals surface area contributed by atoms with Crippen LogP contribution in [0.3, 0.4) is 0 Å². The number of ether oxygens (including phenoxy) is 3. The van der Waals surface area contributed by atoms with E-state index in [4.69, 9.17) is 14.2 Å². The van der Waals surface area contributed by atoms with Crippen molar-refractivity contribution in [2.24, 2.45) is 0 Å². The van der Waals surface area contributed by atoms with Gasteiger partial charge in [0, 0.05) is 6.07 Å². The number of benzene rings is 2. The summed E-state index contributed by atoms with van der Waals surface area (Å²) in [4.78, 5) is 11.8. The van der Waals surface area contributed by atoms with Crippen molar-refractivity contribution in [2.45, 2.75) is 19.3 Å². The minimum Gasteiger partial charge on any atom is -0.497 e. The lowest BCUT2D eigenvalue weighted by Crippen LogP contribution is -2.15. The maximum atomic E-state index is 11.8. The lowest BCUT2D eigenvalue weighted by molar-refractivity contribution is -0.138. The molecule has 0 saturated heterocycles. The van der Waals surface area contributed by atoms with Gasteiger partial charge in [-0.05, 0) is 42.7 Å². The van der Waals surface area contributed by atoms with Crippen molar-refractivity contribution in [3.63, 3.8) is 0 Å². The van der Waals surface area contributed by atoms with Crippen molar-refractivity contribution in [1.82, 2.24) is 0 Å². The van der Waals surface area contributed by atoms with Crippen LogP contribution in [0.5, 0.6) is 17.2 Å². The molecule has 5 heteroatoms. The van der Waals surface area contributed by atoms with E-state index in [-0.39, 0.29) is 0 Å². The first-order valence-corrected chi connectivity index (χ1v) is 7.75. The summed E-state index contributed by atoms with van der Waals surface area (Å²) in [5.74, 6) is 0.375. The van der Waals surface area contributed by atoms with Gasteiger partial charge in [-0.1, -0.05) is 18.2 Å². The summed E-state index contributed by atoms with van der Waals surface area (Å²) in [7, 11) is 3.14. The van der Waals surface area contributed by atoms with E-state index in [9.17, 15) is 9.90 Å². The first-order valence-electron chi connectivity index (χ1n) is 7.75. The summed E-state index contributed by atoms with van der Waals surface area (Å²) in [6, 6.07) is 12.6. The van der Waals surface area contributed by atoms with Gasteiger partial charge in [0.2, 0.25) is 0 Å². The Balaban J connectivity index is 2.32. The Bertz CT molecular complexity index is 696. The highest BCUT2D eigenvalue weighted by molar-refractivity contribution is 5.77. The van der Waals surface area contributed by atoms with Crippen LogP contribution in [0.4, 0.5) is 0 Å². The molecule has 0 heterocycles. The molecule has 0 aliphatic carbocycles. The van der Waals surface area contributed by atoms with Crippen LogP contribution in [0.15, 0.2) is 42.5 Å². The zero-order chi connectivity index (χ0) is 17.5. The fourth-order valence-corrected chi connectivity index (χ4v) is 2.58. The third-order valence-corrected chi connectivity index (χ3v) is 3.79. The summed E-state index contributed by atoms with van der Waals surface area (Å²) in [5, 5.41) is 9.67. The van der Waals surface area contributed by atoms with Gasteiger partial charge in [0.25, 0.3) is 0 Å². The maximum Gasteiger partial charge on any atom is 0.311 e. The van der Waals surface area contributed by atoms with Crippen LogP contribution >= 0.6 is 0 Å². The summed E-state index contributed by atoms with van der Waals surface area (Å²) in [6.45, 7) is 2.43. The van der Waals surface area contributed by atoms with E-state index in [1.165, 1.54) is 0 Å². The van der Waals surface area contributed by atoms with Crippen LogP contribution in [0, 0.1) is 0 Å². The number of hydrogen-bond donors (Lipinski definition) is 1. The summed E-state index contributed by atoms with van der Waals surface area (Å²) in [5.41, 5.74) is 1.51. The second-order valence-corrected chi connectivity index (χ2v) is 5.28. The van der Waals surface area contributed by atoms with Gasteiger partial charge in [-0.15, -0.1) is 0 Å². The first-order chi connectivity index (χ1) is 11.6. The highest BCUT2D eigenvalue weighted by atomic mass is 16.5. The molecule has 2 aromatic rings. The second-order valence-electron chi connectivity index (χ2n) is 5.28. The normalized spacial score (nSPS) is 11.6. The van der Waals surface area contributed by atoms with Gasteiger partial charge in [-0.2, -0.15) is 0 Å². The van der Waals surface area contributed by atoms with Crippen LogP contribution < -0.4 is 14.2 Å². The predicted molar refractivity (Wildman–Crippen MR) is 91.2 cm³/mol. The Morgan fingerprint density at radius 3 is 2.50 bits per heavy atom. The molecule has 0 saturated carbocycles. The van der Waals surface area contributed by atoms with Crippen molar-refractivity contribution < 1.29 is 24.1 Å². The molecule has 0 spiro atoms. The molecule has 2 aromatic carbocycles. The molecule has 0 bridgehead atoms. The molecule has 5 nitrogen and oxygen atoms in total. The van der Waals surface area contributed by atoms with Crippen LogP contribution in [-0.4, -0.2) is 31.9 Å². The molecule has 0 radical (unpaired) electrons. The zero-order valence-electron chi connectivity index (χ0n) is 14.1. The average Bonchev–Trinajstić information content (AvgIpc) is 2.59. The topological polar surface area (TPSA) is 65.0 Å². The molecule has 0 fully saturated rings. The second kappa shape index (κ2) is 8.24. The SMILES string of the molecule is CCOc1cccc(C(Cc2ccc(OC)cc2OC)C(=O)O)c1. The molecule has 1 atom stereocenters. The average molecular weight is 330 g/mol. The quantitative estimate of drug-likeness (QED) is 0.802. The molecular weight excluding hydrogens is 308 g/mol. The van der Waals surface area contributed by atoms with Gasteiger partial charge in [-0.3, -0.25) is 4.79 Å². The fraction of sp³-hybridized carbons (Fsp3) is 0.316. The Morgan fingerprint density at radius 1 is 1.08 bits per heavy atom. The van der Waals surface area contributed by atoms with Crippen molar-refractivity contribution in [3.05, 3.63) is 53.6 Å². The molecule has 0 aliphatic heterocycles. The van der Waals surface area contributed by atoms with Gasteiger partial charge < -0.3 is 19.3 Å². The maximum absolute atomic E-state index is 11.8. The number of methoxy groups -OCH3 is 2. The Labute approximate surface area is 141 Å². The largest absolute Gasteiger partial charge is 0.497 e. The number of carboxylic acid groups (broad SMARTS) is 1. The molecule has 1 unspecified atom stereocenters. The third-order valence-electron chi connectivity index (χ3n) is 3.79. The lowest BCUT2D eigenvalue weighted by atomic mass is 9.91. The van der Waals surface area contributed by atoms with E-state index >= 15 is 0 Å². The number of aliphatic carboxylic acids is 1. The molecule has 1 N–H and O–H groups in total. The zero-order valence-corrected chi connectivity index (χ0v) is 14.1. The van der Waals surface area contributed by atoms with E-state index in [1.807, 2.05) is 25.1 Å². The van der Waals surface area contributed by atoms with Gasteiger partial charge >= 0.3 is 5.97 Å². The van der Waals surface area contributed by atoms with Gasteiger partial charge in [0.15, 0.2) is 0 Å². The van der Waals surface area contributed by atoms with Gasteiger partial charge in [-0.25, -0.2) is 0 Å². The third kappa shape index (κ3) is 4.19. The van der Waals surface area contributed by atoms with Crippen LogP contribution in [0.2, 0.25) is 0 Å².